The number of para-hydroxylation sites is 2. The quantitative estimate of drug-likeness (QED) is 0.179. The second-order valence-electron chi connectivity index (χ2n) is 14.4. The van der Waals surface area contributed by atoms with Crippen LogP contribution in [-0.2, 0) is 0 Å². The number of nitrogens with zero attached hydrogens (tertiary/aromatic N) is 2. The van der Waals surface area contributed by atoms with Crippen LogP contribution in [0.1, 0.15) is 0 Å². The molecule has 0 radical (unpaired) electrons. The zero-order valence-electron chi connectivity index (χ0n) is 28.5. The van der Waals surface area contributed by atoms with Gasteiger partial charge in [0, 0.05) is 37.7 Å². The number of fused-ring (bicyclic) bond motifs is 15. The molecule has 0 bridgehead atoms. The molecular weight excluding hydrogens is 645 g/mol. The van der Waals surface area contributed by atoms with Gasteiger partial charge in [0.15, 0.2) is 0 Å². The minimum Gasteiger partial charge on any atom is -0.456 e. The van der Waals surface area contributed by atoms with Crippen LogP contribution in [0, 0.1) is 0 Å². The van der Waals surface area contributed by atoms with Crippen molar-refractivity contribution >= 4 is 87.1 Å². The van der Waals surface area contributed by atoms with E-state index >= 15 is 0 Å². The first-order valence-electron chi connectivity index (χ1n) is 18.3. The smallest absolute Gasteiger partial charge is 0.137 e. The van der Waals surface area contributed by atoms with Crippen molar-refractivity contribution in [3.05, 3.63) is 170 Å². The first-order valence-corrected chi connectivity index (χ1v) is 18.3. The number of aromatic nitrogens is 2. The summed E-state index contributed by atoms with van der Waals surface area (Å²) in [5.41, 5.74) is 14.1. The van der Waals surface area contributed by atoms with E-state index in [2.05, 4.69) is 179 Å². The molecule has 9 aromatic carbocycles. The van der Waals surface area contributed by atoms with Crippen molar-refractivity contribution < 1.29 is 4.42 Å². The molecule has 53 heavy (non-hydrogen) atoms. The van der Waals surface area contributed by atoms with Crippen molar-refractivity contribution in [1.82, 2.24) is 9.13 Å². The van der Waals surface area contributed by atoms with Crippen LogP contribution in [0.15, 0.2) is 174 Å². The summed E-state index contributed by atoms with van der Waals surface area (Å²) in [4.78, 5) is 0. The Balaban J connectivity index is 1.25. The Bertz CT molecular complexity index is 3540. The normalized spacial score (nSPS) is 12.5. The van der Waals surface area contributed by atoms with Crippen molar-refractivity contribution in [3.63, 3.8) is 0 Å². The summed E-state index contributed by atoms with van der Waals surface area (Å²) in [6.07, 6.45) is 0. The van der Waals surface area contributed by atoms with Gasteiger partial charge in [0.25, 0.3) is 0 Å². The second-order valence-corrected chi connectivity index (χ2v) is 14.4. The SMILES string of the molecule is c1ccc2c(c1)-c1cccc3c(-n4c5ccc6c(c7ccccc7n6-c6cccc7ccccc67)c5c5ccc6oc7ccccc7c6c54)ccc-2c13. The molecule has 3 nitrogen and oxygen atoms in total. The first kappa shape index (κ1) is 27.6. The Morgan fingerprint density at radius 1 is 0.302 bits per heavy atom. The van der Waals surface area contributed by atoms with E-state index in [9.17, 15) is 0 Å². The van der Waals surface area contributed by atoms with Gasteiger partial charge in [-0.15, -0.1) is 0 Å². The summed E-state index contributed by atoms with van der Waals surface area (Å²) in [5, 5.41) is 12.3. The van der Waals surface area contributed by atoms with E-state index in [0.29, 0.717) is 0 Å². The lowest BCUT2D eigenvalue weighted by atomic mass is 10.0. The second kappa shape index (κ2) is 9.81. The lowest BCUT2D eigenvalue weighted by Gasteiger charge is -2.14. The summed E-state index contributed by atoms with van der Waals surface area (Å²) in [7, 11) is 0. The maximum absolute atomic E-state index is 6.57. The fraction of sp³-hybridized carbons (Fsp3) is 0. The molecule has 0 amide bonds. The Hall–Kier alpha value is -7.10. The fourth-order valence-corrected chi connectivity index (χ4v) is 9.76. The van der Waals surface area contributed by atoms with Crippen molar-refractivity contribution in [2.45, 2.75) is 0 Å². The molecule has 0 N–H and O–H groups in total. The van der Waals surface area contributed by atoms with E-state index in [1.807, 2.05) is 0 Å². The van der Waals surface area contributed by atoms with E-state index in [1.165, 1.54) is 98.8 Å². The van der Waals surface area contributed by atoms with Gasteiger partial charge in [-0.25, -0.2) is 0 Å². The summed E-state index contributed by atoms with van der Waals surface area (Å²) < 4.78 is 11.6. The predicted octanol–water partition coefficient (Wildman–Crippen LogP) is 13.7. The van der Waals surface area contributed by atoms with E-state index in [0.717, 1.165) is 21.9 Å². The number of hydrogen-bond donors (Lipinski definition) is 0. The van der Waals surface area contributed by atoms with E-state index < -0.39 is 0 Å². The molecule has 3 heteroatoms. The van der Waals surface area contributed by atoms with Gasteiger partial charge in [-0.3, -0.25) is 0 Å². The van der Waals surface area contributed by atoms with Gasteiger partial charge in [0.1, 0.15) is 11.2 Å². The van der Waals surface area contributed by atoms with Crippen LogP contribution in [0.4, 0.5) is 0 Å². The fourth-order valence-electron chi connectivity index (χ4n) is 9.76. The van der Waals surface area contributed by atoms with Gasteiger partial charge < -0.3 is 13.6 Å². The van der Waals surface area contributed by atoms with E-state index in [1.54, 1.807) is 0 Å². The molecule has 0 fully saturated rings. The van der Waals surface area contributed by atoms with Gasteiger partial charge in [-0.2, -0.15) is 0 Å². The Labute approximate surface area is 303 Å². The average Bonchev–Trinajstić information content (AvgIpc) is 3.95. The van der Waals surface area contributed by atoms with E-state index in [4.69, 9.17) is 4.42 Å². The third-order valence-corrected chi connectivity index (χ3v) is 11.8. The van der Waals surface area contributed by atoms with Crippen LogP contribution in [-0.4, -0.2) is 9.13 Å². The van der Waals surface area contributed by atoms with Crippen molar-refractivity contribution in [2.24, 2.45) is 0 Å². The Morgan fingerprint density at radius 2 is 0.925 bits per heavy atom. The third-order valence-electron chi connectivity index (χ3n) is 11.8. The minimum atomic E-state index is 0.899. The summed E-state index contributed by atoms with van der Waals surface area (Å²) in [5.74, 6) is 0. The molecule has 3 aromatic heterocycles. The minimum absolute atomic E-state index is 0.899. The summed E-state index contributed by atoms with van der Waals surface area (Å²) in [6, 6.07) is 62.2. The predicted molar refractivity (Wildman–Crippen MR) is 222 cm³/mol. The van der Waals surface area contributed by atoms with Crippen LogP contribution in [0.2, 0.25) is 0 Å². The van der Waals surface area contributed by atoms with Crippen LogP contribution in [0.5, 0.6) is 0 Å². The Kier molecular flexibility index (Phi) is 5.11. The van der Waals surface area contributed by atoms with Crippen molar-refractivity contribution in [2.75, 3.05) is 0 Å². The molecule has 3 heterocycles. The molecule has 244 valence electrons. The number of furan rings is 1. The van der Waals surface area contributed by atoms with Crippen molar-refractivity contribution in [1.29, 1.82) is 0 Å². The zero-order chi connectivity index (χ0) is 34.4. The van der Waals surface area contributed by atoms with Gasteiger partial charge in [-0.1, -0.05) is 121 Å². The molecule has 0 spiro atoms. The molecule has 13 rings (SSSR count). The molecule has 0 atom stereocenters. The molecule has 12 aromatic rings. The highest BCUT2D eigenvalue weighted by Crippen LogP contribution is 2.51. The Morgan fingerprint density at radius 3 is 1.81 bits per heavy atom. The summed E-state index contributed by atoms with van der Waals surface area (Å²) in [6.45, 7) is 0. The zero-order valence-corrected chi connectivity index (χ0v) is 28.5. The van der Waals surface area contributed by atoms with Crippen LogP contribution >= 0.6 is 0 Å². The monoisotopic (exact) mass is 672 g/mol. The maximum atomic E-state index is 6.57. The van der Waals surface area contributed by atoms with Crippen LogP contribution < -0.4 is 0 Å². The summed E-state index contributed by atoms with van der Waals surface area (Å²) >= 11 is 0. The molecule has 0 unspecified atom stereocenters. The topological polar surface area (TPSA) is 23.0 Å². The van der Waals surface area contributed by atoms with Crippen LogP contribution in [0.25, 0.3) is 121 Å². The van der Waals surface area contributed by atoms with Gasteiger partial charge >= 0.3 is 0 Å². The van der Waals surface area contributed by atoms with Gasteiger partial charge in [0.2, 0.25) is 0 Å². The molecule has 0 saturated carbocycles. The maximum Gasteiger partial charge on any atom is 0.137 e. The van der Waals surface area contributed by atoms with Gasteiger partial charge in [0.05, 0.1) is 38.8 Å². The molecule has 0 aliphatic heterocycles. The number of rotatable bonds is 2. The highest BCUT2D eigenvalue weighted by atomic mass is 16.3. The molecule has 1 aliphatic carbocycles. The van der Waals surface area contributed by atoms with E-state index in [-0.39, 0.29) is 0 Å². The highest BCUT2D eigenvalue weighted by molar-refractivity contribution is 6.33. The lowest BCUT2D eigenvalue weighted by Crippen LogP contribution is -1.97. The molecule has 0 saturated heterocycles. The van der Waals surface area contributed by atoms with Crippen molar-refractivity contribution in [3.8, 4) is 33.6 Å². The standard InChI is InChI=1S/C50H28N2O/c1-2-13-30-29(11-1)12-9-21-39(30)51-40-20-7-5-16-36(40)47-42(51)26-27-43-48(47)38-24-28-45-49(37-17-6-8-22-44(37)53-45)50(38)52(43)41-25-23-34-32-15-4-3-14-31(32)33-18-10-19-35(41)46(33)34/h1-28H. The third kappa shape index (κ3) is 3.40. The highest BCUT2D eigenvalue weighted by Gasteiger charge is 2.27. The first-order chi connectivity index (χ1) is 26.3. The molecule has 1 aliphatic rings. The van der Waals surface area contributed by atoms with Crippen LogP contribution in [0.3, 0.4) is 0 Å². The lowest BCUT2D eigenvalue weighted by molar-refractivity contribution is 0.669. The average molecular weight is 673 g/mol. The largest absolute Gasteiger partial charge is 0.456 e. The number of benzene rings is 9. The molecular formula is C50H28N2O. The number of hydrogen-bond acceptors (Lipinski definition) is 1. The van der Waals surface area contributed by atoms with Gasteiger partial charge in [-0.05, 0) is 81.6 Å².